The Labute approximate surface area is 92.8 Å². The smallest absolute Gasteiger partial charge is 0.339 e. The molecule has 2 rings (SSSR count). The van der Waals surface area contributed by atoms with Crippen LogP contribution in [0.2, 0.25) is 0 Å². The van der Waals surface area contributed by atoms with Gasteiger partial charge in [-0.15, -0.1) is 0 Å². The molecule has 0 aliphatic rings. The maximum atomic E-state index is 10.8. The fraction of sp³-hybridized carbons (Fsp3) is 0.125. The van der Waals surface area contributed by atoms with Crippen molar-refractivity contribution in [2.45, 2.75) is 0 Å². The first-order valence-electron chi connectivity index (χ1n) is 4.02. The van der Waals surface area contributed by atoms with Gasteiger partial charge in [-0.3, -0.25) is 0 Å². The molecule has 0 saturated carbocycles. The number of carboxylic acid groups (broad SMARTS) is 1. The summed E-state index contributed by atoms with van der Waals surface area (Å²) in [5.41, 5.74) is 6.43. The maximum absolute atomic E-state index is 10.8. The Morgan fingerprint density at radius 2 is 2.33 bits per heavy atom. The minimum absolute atomic E-state index is 0.0174. The molecule has 0 aliphatic heterocycles. The van der Waals surface area contributed by atoms with E-state index in [-0.39, 0.29) is 11.3 Å². The van der Waals surface area contributed by atoms with Gasteiger partial charge in [-0.1, -0.05) is 0 Å². The summed E-state index contributed by atoms with van der Waals surface area (Å²) < 4.78 is 2.02. The number of aromatic nitrogens is 3. The topological polar surface area (TPSA) is 94.0 Å². The van der Waals surface area contributed by atoms with E-state index < -0.39 is 5.97 Å². The van der Waals surface area contributed by atoms with Crippen LogP contribution in [-0.2, 0) is 7.05 Å². The highest BCUT2D eigenvalue weighted by Gasteiger charge is 2.17. The average Bonchev–Trinajstić information content (AvgIpc) is 2.43. The zero-order chi connectivity index (χ0) is 11.2. The predicted octanol–water partition coefficient (Wildman–Crippen LogP) is 1.01. The summed E-state index contributed by atoms with van der Waals surface area (Å²) in [4.78, 5) is 14.8. The molecule has 15 heavy (non-hydrogen) atoms. The lowest BCUT2D eigenvalue weighted by atomic mass is 10.2. The van der Waals surface area contributed by atoms with Crippen molar-refractivity contribution in [3.05, 3.63) is 16.4 Å². The van der Waals surface area contributed by atoms with Gasteiger partial charge >= 0.3 is 5.97 Å². The number of carbonyl (C=O) groups is 1. The quantitative estimate of drug-likeness (QED) is 0.807. The number of fused-ring (bicyclic) bond motifs is 1. The van der Waals surface area contributed by atoms with E-state index in [4.69, 9.17) is 10.8 Å². The van der Waals surface area contributed by atoms with Crippen molar-refractivity contribution < 1.29 is 9.90 Å². The predicted molar refractivity (Wildman–Crippen MR) is 57.6 cm³/mol. The molecule has 0 aromatic carbocycles. The van der Waals surface area contributed by atoms with Gasteiger partial charge in [0.25, 0.3) is 0 Å². The average molecular weight is 271 g/mol. The van der Waals surface area contributed by atoms with Crippen molar-refractivity contribution in [1.82, 2.24) is 14.8 Å². The fourth-order valence-corrected chi connectivity index (χ4v) is 1.99. The standard InChI is InChI=1S/C8H7BrN4O2/c1-13-7-4(6(9)12-13)5(10)3(2-11-7)8(14)15/h2H,1H3,(H2,10,11)(H,14,15). The Morgan fingerprint density at radius 1 is 1.67 bits per heavy atom. The zero-order valence-corrected chi connectivity index (χ0v) is 9.32. The van der Waals surface area contributed by atoms with Crippen LogP contribution < -0.4 is 5.73 Å². The van der Waals surface area contributed by atoms with E-state index in [9.17, 15) is 4.79 Å². The third-order valence-electron chi connectivity index (χ3n) is 2.08. The van der Waals surface area contributed by atoms with Crippen LogP contribution in [0.5, 0.6) is 0 Å². The molecule has 0 atom stereocenters. The van der Waals surface area contributed by atoms with Crippen LogP contribution >= 0.6 is 15.9 Å². The van der Waals surface area contributed by atoms with Gasteiger partial charge in [0.2, 0.25) is 0 Å². The zero-order valence-electron chi connectivity index (χ0n) is 7.73. The molecule has 78 valence electrons. The van der Waals surface area contributed by atoms with E-state index in [1.54, 1.807) is 7.05 Å². The lowest BCUT2D eigenvalue weighted by molar-refractivity contribution is 0.0698. The molecule has 0 spiro atoms. The van der Waals surface area contributed by atoms with Crippen molar-refractivity contribution in [2.24, 2.45) is 7.05 Å². The first kappa shape index (κ1) is 9.91. The third kappa shape index (κ3) is 1.35. The number of hydrogen-bond acceptors (Lipinski definition) is 4. The van der Waals surface area contributed by atoms with Gasteiger partial charge in [0.1, 0.15) is 10.2 Å². The molecule has 2 aromatic heterocycles. The Balaban J connectivity index is 2.89. The van der Waals surface area contributed by atoms with Crippen molar-refractivity contribution in [3.63, 3.8) is 0 Å². The summed E-state index contributed by atoms with van der Waals surface area (Å²) in [5.74, 6) is -1.10. The molecule has 0 radical (unpaired) electrons. The number of halogens is 1. The number of hydrogen-bond donors (Lipinski definition) is 2. The number of aromatic carboxylic acids is 1. The van der Waals surface area contributed by atoms with Gasteiger partial charge in [-0.05, 0) is 15.9 Å². The lowest BCUT2D eigenvalue weighted by Crippen LogP contribution is -2.04. The van der Waals surface area contributed by atoms with Crippen LogP contribution in [-0.4, -0.2) is 25.8 Å². The summed E-state index contributed by atoms with van der Waals surface area (Å²) in [5, 5.41) is 13.4. The number of anilines is 1. The highest BCUT2D eigenvalue weighted by molar-refractivity contribution is 9.10. The van der Waals surface area contributed by atoms with Crippen LogP contribution in [0.4, 0.5) is 5.69 Å². The number of aryl methyl sites for hydroxylation is 1. The largest absolute Gasteiger partial charge is 0.478 e. The second kappa shape index (κ2) is 3.20. The molecule has 2 heterocycles. The molecule has 0 unspecified atom stereocenters. The van der Waals surface area contributed by atoms with Crippen molar-refractivity contribution in [1.29, 1.82) is 0 Å². The first-order chi connectivity index (χ1) is 7.02. The van der Waals surface area contributed by atoms with Gasteiger partial charge in [-0.2, -0.15) is 5.10 Å². The summed E-state index contributed by atoms with van der Waals surface area (Å²) in [6, 6.07) is 0. The Morgan fingerprint density at radius 3 is 2.93 bits per heavy atom. The molecule has 0 amide bonds. The highest BCUT2D eigenvalue weighted by atomic mass is 79.9. The SMILES string of the molecule is Cn1nc(Br)c2c(N)c(C(=O)O)cnc21. The van der Waals surface area contributed by atoms with E-state index in [1.165, 1.54) is 10.9 Å². The number of rotatable bonds is 1. The number of pyridine rings is 1. The van der Waals surface area contributed by atoms with Crippen molar-refractivity contribution in [3.8, 4) is 0 Å². The first-order valence-corrected chi connectivity index (χ1v) is 4.81. The van der Waals surface area contributed by atoms with E-state index in [1.807, 2.05) is 0 Å². The molecule has 7 heteroatoms. The molecule has 0 fully saturated rings. The molecular weight excluding hydrogens is 264 g/mol. The second-order valence-corrected chi connectivity index (χ2v) is 3.75. The van der Waals surface area contributed by atoms with E-state index >= 15 is 0 Å². The minimum atomic E-state index is -1.10. The molecule has 2 aromatic rings. The Hall–Kier alpha value is -1.63. The second-order valence-electron chi connectivity index (χ2n) is 3.00. The molecule has 3 N–H and O–H groups in total. The third-order valence-corrected chi connectivity index (χ3v) is 2.64. The van der Waals surface area contributed by atoms with Gasteiger partial charge in [0.05, 0.1) is 11.1 Å². The number of nitrogens with zero attached hydrogens (tertiary/aromatic N) is 3. The number of nitrogens with two attached hydrogens (primary N) is 1. The lowest BCUT2D eigenvalue weighted by Gasteiger charge is -2.01. The molecule has 0 saturated heterocycles. The Bertz CT molecular complexity index is 563. The van der Waals surface area contributed by atoms with Gasteiger partial charge in [0, 0.05) is 13.2 Å². The fourth-order valence-electron chi connectivity index (χ4n) is 1.36. The highest BCUT2D eigenvalue weighted by Crippen LogP contribution is 2.29. The summed E-state index contributed by atoms with van der Waals surface area (Å²) in [7, 11) is 1.71. The number of carboxylic acids is 1. The van der Waals surface area contributed by atoms with Crippen LogP contribution in [0.25, 0.3) is 11.0 Å². The summed E-state index contributed by atoms with van der Waals surface area (Å²) in [6.07, 6.45) is 1.23. The van der Waals surface area contributed by atoms with E-state index in [0.29, 0.717) is 15.6 Å². The molecule has 6 nitrogen and oxygen atoms in total. The van der Waals surface area contributed by atoms with Crippen LogP contribution in [0.3, 0.4) is 0 Å². The minimum Gasteiger partial charge on any atom is -0.478 e. The van der Waals surface area contributed by atoms with Crippen LogP contribution in [0, 0.1) is 0 Å². The van der Waals surface area contributed by atoms with E-state index in [2.05, 4.69) is 26.0 Å². The normalized spacial score (nSPS) is 10.8. The van der Waals surface area contributed by atoms with E-state index in [0.717, 1.165) is 0 Å². The monoisotopic (exact) mass is 270 g/mol. The summed E-state index contributed by atoms with van der Waals surface area (Å²) >= 11 is 3.21. The maximum Gasteiger partial charge on any atom is 0.339 e. The van der Waals surface area contributed by atoms with Gasteiger partial charge < -0.3 is 10.8 Å². The van der Waals surface area contributed by atoms with Crippen LogP contribution in [0.15, 0.2) is 10.8 Å². The van der Waals surface area contributed by atoms with Crippen molar-refractivity contribution in [2.75, 3.05) is 5.73 Å². The van der Waals surface area contributed by atoms with Gasteiger partial charge in [0.15, 0.2) is 5.65 Å². The molecule has 0 aliphatic carbocycles. The van der Waals surface area contributed by atoms with Gasteiger partial charge in [-0.25, -0.2) is 14.5 Å². The number of nitrogen functional groups attached to an aromatic ring is 1. The van der Waals surface area contributed by atoms with Crippen molar-refractivity contribution >= 4 is 38.6 Å². The van der Waals surface area contributed by atoms with Crippen LogP contribution in [0.1, 0.15) is 10.4 Å². The summed E-state index contributed by atoms with van der Waals surface area (Å²) in [6.45, 7) is 0. The molecule has 0 bridgehead atoms. The molecular formula is C8H7BrN4O2. The Kier molecular flexibility index (Phi) is 2.11.